The Labute approximate surface area is 213 Å². The van der Waals surface area contributed by atoms with Crippen LogP contribution in [0.1, 0.15) is 70.2 Å². The maximum absolute atomic E-state index is 9.51. The largest absolute Gasteiger partial charge is 0.495 e. The molecule has 0 spiro atoms. The molecule has 3 aromatic rings. The van der Waals surface area contributed by atoms with Crippen LogP contribution in [0.5, 0.6) is 5.75 Å². The molecule has 3 aromatic heterocycles. The number of pyridine rings is 1. The van der Waals surface area contributed by atoms with Crippen LogP contribution in [0.25, 0.3) is 11.0 Å². The molecule has 0 amide bonds. The van der Waals surface area contributed by atoms with Crippen LogP contribution in [0, 0.1) is 0 Å². The predicted octanol–water partition coefficient (Wildman–Crippen LogP) is 3.41. The van der Waals surface area contributed by atoms with Crippen molar-refractivity contribution in [1.29, 1.82) is 0 Å². The van der Waals surface area contributed by atoms with Gasteiger partial charge in [-0.3, -0.25) is 9.67 Å². The fourth-order valence-corrected chi connectivity index (χ4v) is 5.11. The van der Waals surface area contributed by atoms with Crippen molar-refractivity contribution in [2.24, 2.45) is 0 Å². The van der Waals surface area contributed by atoms with Gasteiger partial charge in [0.1, 0.15) is 22.5 Å². The number of aromatic nitrogens is 5. The molecule has 1 atom stereocenters. The molecular formula is C26H40N8O2. The fraction of sp³-hybridized carbons (Fsp3) is 0.615. The van der Waals surface area contributed by atoms with Crippen molar-refractivity contribution in [3.05, 3.63) is 29.7 Å². The van der Waals surface area contributed by atoms with Crippen molar-refractivity contribution >= 4 is 22.8 Å². The second kappa shape index (κ2) is 11.8. The lowest BCUT2D eigenvalue weighted by atomic mass is 9.92. The molecule has 4 rings (SSSR count). The lowest BCUT2D eigenvalue weighted by molar-refractivity contribution is 0.170. The Kier molecular flexibility index (Phi) is 8.58. The second-order valence-electron chi connectivity index (χ2n) is 9.90. The van der Waals surface area contributed by atoms with Crippen molar-refractivity contribution in [3.63, 3.8) is 0 Å². The van der Waals surface area contributed by atoms with E-state index in [0.717, 1.165) is 61.4 Å². The summed E-state index contributed by atoms with van der Waals surface area (Å²) in [5, 5.41) is 17.6. The summed E-state index contributed by atoms with van der Waals surface area (Å²) in [6.07, 6.45) is 6.44. The minimum Gasteiger partial charge on any atom is -0.495 e. The van der Waals surface area contributed by atoms with E-state index in [2.05, 4.69) is 52.1 Å². The average Bonchev–Trinajstić information content (AvgIpc) is 3.26. The molecule has 0 aromatic carbocycles. The Morgan fingerprint density at radius 1 is 1.17 bits per heavy atom. The number of aliphatic hydroxyl groups is 1. The molecule has 4 heterocycles. The van der Waals surface area contributed by atoms with Gasteiger partial charge in [0.15, 0.2) is 5.82 Å². The molecule has 0 radical (unpaired) electrons. The lowest BCUT2D eigenvalue weighted by Gasteiger charge is -2.34. The van der Waals surface area contributed by atoms with E-state index in [-0.39, 0.29) is 18.6 Å². The smallest absolute Gasteiger partial charge is 0.222 e. The fourth-order valence-electron chi connectivity index (χ4n) is 5.11. The predicted molar refractivity (Wildman–Crippen MR) is 142 cm³/mol. The number of nitrogens with zero attached hydrogens (tertiary/aromatic N) is 6. The number of hydrogen-bond acceptors (Lipinski definition) is 9. The van der Waals surface area contributed by atoms with Crippen molar-refractivity contribution < 1.29 is 9.84 Å². The number of nitrogens with two attached hydrogens (primary N) is 1. The Morgan fingerprint density at radius 3 is 2.61 bits per heavy atom. The van der Waals surface area contributed by atoms with Crippen LogP contribution in [0.3, 0.4) is 0 Å². The molecule has 4 N–H and O–H groups in total. The van der Waals surface area contributed by atoms with Gasteiger partial charge in [-0.05, 0) is 64.8 Å². The number of likely N-dealkylation sites (tertiary alicyclic amines) is 1. The zero-order valence-electron chi connectivity index (χ0n) is 21.9. The van der Waals surface area contributed by atoms with Gasteiger partial charge < -0.3 is 25.8 Å². The van der Waals surface area contributed by atoms with Gasteiger partial charge in [0.2, 0.25) is 5.95 Å². The summed E-state index contributed by atoms with van der Waals surface area (Å²) in [5.74, 6) is 1.98. The zero-order chi connectivity index (χ0) is 25.7. The molecule has 1 aliphatic rings. The van der Waals surface area contributed by atoms with Gasteiger partial charge in [0.05, 0.1) is 19.9 Å². The number of ether oxygens (including phenoxy) is 1. The third kappa shape index (κ3) is 5.87. The van der Waals surface area contributed by atoms with Crippen LogP contribution in [-0.4, -0.2) is 73.6 Å². The van der Waals surface area contributed by atoms with Crippen molar-refractivity contribution in [2.75, 3.05) is 37.9 Å². The molecule has 10 heteroatoms. The van der Waals surface area contributed by atoms with Gasteiger partial charge in [-0.1, -0.05) is 13.3 Å². The van der Waals surface area contributed by atoms with Crippen LogP contribution in [0.4, 0.5) is 11.8 Å². The van der Waals surface area contributed by atoms with E-state index in [4.69, 9.17) is 15.5 Å². The first-order valence-corrected chi connectivity index (χ1v) is 13.1. The number of fused-ring (bicyclic) bond motifs is 1. The van der Waals surface area contributed by atoms with E-state index in [1.54, 1.807) is 13.3 Å². The van der Waals surface area contributed by atoms with Gasteiger partial charge in [-0.15, -0.1) is 0 Å². The number of piperidine rings is 1. The topological polar surface area (TPSA) is 127 Å². The Bertz CT molecular complexity index is 1130. The highest BCUT2D eigenvalue weighted by Gasteiger charge is 2.24. The normalized spacial score (nSPS) is 16.1. The number of methoxy groups -OCH3 is 1. The molecular weight excluding hydrogens is 456 g/mol. The summed E-state index contributed by atoms with van der Waals surface area (Å²) in [6, 6.07) is 4.77. The maximum atomic E-state index is 9.51. The van der Waals surface area contributed by atoms with E-state index >= 15 is 0 Å². The molecule has 0 aliphatic carbocycles. The molecule has 1 saturated heterocycles. The van der Waals surface area contributed by atoms with Crippen LogP contribution in [0.15, 0.2) is 18.3 Å². The summed E-state index contributed by atoms with van der Waals surface area (Å²) in [5.41, 5.74) is 9.37. The summed E-state index contributed by atoms with van der Waals surface area (Å²) < 4.78 is 7.52. The summed E-state index contributed by atoms with van der Waals surface area (Å²) in [6.45, 7) is 9.35. The summed E-state index contributed by atoms with van der Waals surface area (Å²) in [7, 11) is 1.67. The van der Waals surface area contributed by atoms with Crippen LogP contribution >= 0.6 is 0 Å². The quantitative estimate of drug-likeness (QED) is 0.366. The van der Waals surface area contributed by atoms with Crippen molar-refractivity contribution in [1.82, 2.24) is 29.6 Å². The minimum atomic E-state index is 0.0774. The minimum absolute atomic E-state index is 0.0774. The highest BCUT2D eigenvalue weighted by atomic mass is 16.5. The first-order valence-electron chi connectivity index (χ1n) is 13.1. The molecule has 10 nitrogen and oxygen atoms in total. The number of nitrogen functional groups attached to an aromatic ring is 1. The Balaban J connectivity index is 1.63. The molecule has 36 heavy (non-hydrogen) atoms. The first kappa shape index (κ1) is 26.1. The van der Waals surface area contributed by atoms with Gasteiger partial charge in [0.25, 0.3) is 0 Å². The van der Waals surface area contributed by atoms with Gasteiger partial charge >= 0.3 is 0 Å². The van der Waals surface area contributed by atoms with Crippen LogP contribution in [0.2, 0.25) is 0 Å². The maximum Gasteiger partial charge on any atom is 0.222 e. The molecule has 0 saturated carbocycles. The van der Waals surface area contributed by atoms with E-state index in [9.17, 15) is 5.11 Å². The van der Waals surface area contributed by atoms with Crippen LogP contribution < -0.4 is 15.8 Å². The SMILES string of the molecule is CCC[C@@H](CCO)Nc1nc(N)nc2cnn(Cc3nc(C4CCN(C(C)C)CC4)ccc3OC)c12. The van der Waals surface area contributed by atoms with Crippen molar-refractivity contribution in [2.45, 2.75) is 77.4 Å². The Morgan fingerprint density at radius 2 is 1.94 bits per heavy atom. The number of rotatable bonds is 11. The molecule has 0 unspecified atom stereocenters. The van der Waals surface area contributed by atoms with Gasteiger partial charge in [-0.2, -0.15) is 10.1 Å². The second-order valence-corrected chi connectivity index (χ2v) is 9.90. The third-order valence-corrected chi connectivity index (χ3v) is 7.11. The lowest BCUT2D eigenvalue weighted by Crippen LogP contribution is -2.38. The Hall–Kier alpha value is -2.98. The average molecular weight is 497 g/mol. The molecule has 0 bridgehead atoms. The van der Waals surface area contributed by atoms with E-state index < -0.39 is 0 Å². The van der Waals surface area contributed by atoms with Gasteiger partial charge in [-0.25, -0.2) is 4.98 Å². The first-order chi connectivity index (χ1) is 17.4. The number of hydrogen-bond donors (Lipinski definition) is 3. The van der Waals surface area contributed by atoms with Crippen LogP contribution in [-0.2, 0) is 6.54 Å². The third-order valence-electron chi connectivity index (χ3n) is 7.11. The van der Waals surface area contributed by atoms with E-state index in [1.165, 1.54) is 0 Å². The number of aliphatic hydroxyl groups excluding tert-OH is 1. The summed E-state index contributed by atoms with van der Waals surface area (Å²) >= 11 is 0. The highest BCUT2D eigenvalue weighted by Crippen LogP contribution is 2.31. The highest BCUT2D eigenvalue weighted by molar-refractivity contribution is 5.86. The number of anilines is 2. The van der Waals surface area contributed by atoms with E-state index in [1.807, 2.05) is 10.7 Å². The number of nitrogens with one attached hydrogen (secondary N) is 1. The summed E-state index contributed by atoms with van der Waals surface area (Å²) in [4.78, 5) is 16.5. The van der Waals surface area contributed by atoms with Crippen molar-refractivity contribution in [3.8, 4) is 5.75 Å². The molecule has 1 fully saturated rings. The monoisotopic (exact) mass is 496 g/mol. The van der Waals surface area contributed by atoms with E-state index in [0.29, 0.717) is 36.3 Å². The molecule has 1 aliphatic heterocycles. The van der Waals surface area contributed by atoms with Gasteiger partial charge in [0, 0.05) is 30.3 Å². The standard InChI is InChI=1S/C26H40N8O2/c1-5-6-19(11-14-35)29-25-24-21(31-26(27)32-25)15-28-34(24)16-22-23(36-4)8-7-20(30-22)18-9-12-33(13-10-18)17(2)3/h7-8,15,17-19,35H,5-6,9-14,16H2,1-4H3,(H3,27,29,31,32)/t19-/m0/s1. The zero-order valence-corrected chi connectivity index (χ0v) is 21.9. The molecule has 196 valence electrons.